The first-order valence-electron chi connectivity index (χ1n) is 14.8. The van der Waals surface area contributed by atoms with Gasteiger partial charge < -0.3 is 9.05 Å². The zero-order valence-corrected chi connectivity index (χ0v) is 24.4. The maximum atomic E-state index is 5.72. The predicted molar refractivity (Wildman–Crippen MR) is 170 cm³/mol. The van der Waals surface area contributed by atoms with E-state index in [0.29, 0.717) is 0 Å². The van der Waals surface area contributed by atoms with Crippen molar-refractivity contribution in [2.24, 2.45) is 0 Å². The molecule has 0 unspecified atom stereocenters. The van der Waals surface area contributed by atoms with Crippen LogP contribution in [0.2, 0.25) is 0 Å². The van der Waals surface area contributed by atoms with Crippen LogP contribution in [-0.2, 0) is 5.41 Å². The van der Waals surface area contributed by atoms with Crippen LogP contribution < -0.4 is 0 Å². The van der Waals surface area contributed by atoms with E-state index in [2.05, 4.69) is 107 Å². The average molecular weight is 557 g/mol. The van der Waals surface area contributed by atoms with Crippen LogP contribution in [0.15, 0.2) is 106 Å². The number of hydrogen-bond acceptors (Lipinski definition) is 4. The molecule has 0 aliphatic heterocycles. The van der Waals surface area contributed by atoms with Gasteiger partial charge in [-0.15, -0.1) is 0 Å². The molecule has 206 valence electrons. The Morgan fingerprint density at radius 1 is 0.465 bits per heavy atom. The molecule has 0 amide bonds. The second-order valence-corrected chi connectivity index (χ2v) is 11.9. The smallest absolute Gasteiger partial charge is 0.141 e. The van der Waals surface area contributed by atoms with E-state index in [9.17, 15) is 0 Å². The zero-order valence-electron chi connectivity index (χ0n) is 24.4. The number of aryl methyl sites for hydroxylation is 4. The largest absolute Gasteiger partial charge is 0.361 e. The van der Waals surface area contributed by atoms with Gasteiger partial charge in [-0.05, 0) is 106 Å². The van der Waals surface area contributed by atoms with Crippen LogP contribution in [0.5, 0.6) is 0 Å². The van der Waals surface area contributed by atoms with Gasteiger partial charge in [0.05, 0.1) is 16.8 Å². The van der Waals surface area contributed by atoms with Crippen LogP contribution in [0.1, 0.15) is 45.2 Å². The molecule has 2 aliphatic rings. The van der Waals surface area contributed by atoms with Gasteiger partial charge in [0.25, 0.3) is 0 Å². The minimum atomic E-state index is -0.495. The van der Waals surface area contributed by atoms with Gasteiger partial charge in [0.15, 0.2) is 0 Å². The minimum Gasteiger partial charge on any atom is -0.361 e. The minimum absolute atomic E-state index is 0.495. The molecule has 2 aromatic heterocycles. The lowest BCUT2D eigenvalue weighted by molar-refractivity contribution is 0.393. The van der Waals surface area contributed by atoms with Gasteiger partial charge >= 0.3 is 0 Å². The Morgan fingerprint density at radius 3 is 1.67 bits per heavy atom. The molecule has 5 aromatic carbocycles. The van der Waals surface area contributed by atoms with E-state index in [4.69, 9.17) is 9.05 Å². The highest BCUT2D eigenvalue weighted by Gasteiger charge is 2.52. The number of benzene rings is 5. The summed E-state index contributed by atoms with van der Waals surface area (Å²) in [5, 5.41) is 11.1. The van der Waals surface area contributed by atoms with Crippen LogP contribution in [0.3, 0.4) is 0 Å². The van der Waals surface area contributed by atoms with Crippen LogP contribution in [0.4, 0.5) is 0 Å². The lowest BCUT2D eigenvalue weighted by Gasteiger charge is -2.31. The lowest BCUT2D eigenvalue weighted by atomic mass is 9.69. The van der Waals surface area contributed by atoms with Crippen LogP contribution in [0, 0.1) is 27.7 Å². The SMILES string of the molecule is Cc1noc(C)c1-c1ccc2c(c1)C1(c3ccccc3-c3ccccc31)c1cc(-c3c(C)noc3C)c3ccccc3c1-2. The summed E-state index contributed by atoms with van der Waals surface area (Å²) in [4.78, 5) is 0. The van der Waals surface area contributed by atoms with Crippen LogP contribution in [0.25, 0.3) is 55.3 Å². The summed E-state index contributed by atoms with van der Waals surface area (Å²) in [5.74, 6) is 1.67. The monoisotopic (exact) mass is 556 g/mol. The summed E-state index contributed by atoms with van der Waals surface area (Å²) in [5.41, 5.74) is 16.1. The second-order valence-electron chi connectivity index (χ2n) is 11.9. The highest BCUT2D eigenvalue weighted by Crippen LogP contribution is 2.64. The van der Waals surface area contributed by atoms with Gasteiger partial charge in [-0.3, -0.25) is 0 Å². The van der Waals surface area contributed by atoms with Gasteiger partial charge in [0, 0.05) is 11.1 Å². The first kappa shape index (κ1) is 24.4. The second kappa shape index (κ2) is 8.42. The van der Waals surface area contributed by atoms with Gasteiger partial charge in [0.1, 0.15) is 11.5 Å². The van der Waals surface area contributed by atoms with E-state index >= 15 is 0 Å². The Labute approximate surface area is 249 Å². The average Bonchev–Trinajstić information content (AvgIpc) is 3.73. The number of nitrogens with zero attached hydrogens (tertiary/aromatic N) is 2. The highest BCUT2D eigenvalue weighted by molar-refractivity contribution is 6.11. The summed E-state index contributed by atoms with van der Waals surface area (Å²) < 4.78 is 11.4. The third-order valence-electron chi connectivity index (χ3n) is 9.72. The quantitative estimate of drug-likeness (QED) is 0.213. The van der Waals surface area contributed by atoms with Crippen molar-refractivity contribution in [3.05, 3.63) is 142 Å². The predicted octanol–water partition coefficient (Wildman–Crippen LogP) is 9.73. The molecule has 4 nitrogen and oxygen atoms in total. The summed E-state index contributed by atoms with van der Waals surface area (Å²) in [6, 6.07) is 36.0. The molecule has 1 spiro atoms. The molecule has 0 fully saturated rings. The highest BCUT2D eigenvalue weighted by atomic mass is 16.5. The van der Waals surface area contributed by atoms with E-state index < -0.39 is 5.41 Å². The van der Waals surface area contributed by atoms with Crippen molar-refractivity contribution in [2.75, 3.05) is 0 Å². The molecule has 0 atom stereocenters. The fourth-order valence-electron chi connectivity index (χ4n) is 8.12. The molecular formula is C39H28N2O2. The van der Waals surface area contributed by atoms with Crippen molar-refractivity contribution in [3.8, 4) is 44.5 Å². The van der Waals surface area contributed by atoms with E-state index in [1.54, 1.807) is 0 Å². The molecule has 2 heterocycles. The Bertz CT molecular complexity index is 2220. The Morgan fingerprint density at radius 2 is 1.05 bits per heavy atom. The summed E-state index contributed by atoms with van der Waals surface area (Å²) >= 11 is 0. The molecular weight excluding hydrogens is 528 g/mol. The maximum absolute atomic E-state index is 5.72. The molecule has 2 aliphatic carbocycles. The number of aromatic nitrogens is 2. The fourth-order valence-corrected chi connectivity index (χ4v) is 8.12. The summed E-state index contributed by atoms with van der Waals surface area (Å²) in [6.45, 7) is 8.07. The first-order chi connectivity index (χ1) is 21.0. The molecule has 7 aromatic rings. The van der Waals surface area contributed by atoms with Crippen molar-refractivity contribution in [2.45, 2.75) is 33.1 Å². The Balaban J connectivity index is 1.50. The van der Waals surface area contributed by atoms with Gasteiger partial charge in [-0.25, -0.2) is 0 Å². The number of rotatable bonds is 2. The van der Waals surface area contributed by atoms with Gasteiger partial charge in [-0.2, -0.15) is 0 Å². The summed E-state index contributed by atoms with van der Waals surface area (Å²) in [7, 11) is 0. The third kappa shape index (κ3) is 2.95. The fraction of sp³-hybridized carbons (Fsp3) is 0.128. The van der Waals surface area contributed by atoms with Crippen molar-refractivity contribution in [1.82, 2.24) is 10.3 Å². The molecule has 9 rings (SSSR count). The molecule has 0 N–H and O–H groups in total. The Kier molecular flexibility index (Phi) is 4.78. The molecule has 0 saturated heterocycles. The van der Waals surface area contributed by atoms with E-state index in [-0.39, 0.29) is 0 Å². The lowest BCUT2D eigenvalue weighted by Crippen LogP contribution is -2.26. The van der Waals surface area contributed by atoms with E-state index in [1.807, 2.05) is 27.7 Å². The van der Waals surface area contributed by atoms with E-state index in [1.165, 1.54) is 55.3 Å². The van der Waals surface area contributed by atoms with Crippen molar-refractivity contribution < 1.29 is 9.05 Å². The normalized spacial score (nSPS) is 13.8. The molecule has 0 radical (unpaired) electrons. The third-order valence-corrected chi connectivity index (χ3v) is 9.72. The van der Waals surface area contributed by atoms with Crippen molar-refractivity contribution in [3.63, 3.8) is 0 Å². The summed E-state index contributed by atoms with van der Waals surface area (Å²) in [6.07, 6.45) is 0. The van der Waals surface area contributed by atoms with Crippen LogP contribution >= 0.6 is 0 Å². The zero-order chi connectivity index (χ0) is 29.0. The first-order valence-corrected chi connectivity index (χ1v) is 14.8. The number of fused-ring (bicyclic) bond motifs is 12. The molecule has 0 bridgehead atoms. The van der Waals surface area contributed by atoms with E-state index in [0.717, 1.165) is 45.2 Å². The van der Waals surface area contributed by atoms with Crippen LogP contribution in [-0.4, -0.2) is 10.3 Å². The molecule has 4 heteroatoms. The standard InChI is InChI=1S/C39H28N2O2/c1-21-36(23(3)42-40-21)25-17-18-30-34(19-25)39(32-15-9-7-12-27(32)28-13-8-10-16-33(28)39)35-20-31(37-22(2)41-43-24(37)4)26-11-5-6-14-29(26)38(30)35/h5-20H,1-4H3. The molecule has 43 heavy (non-hydrogen) atoms. The number of hydrogen-bond donors (Lipinski definition) is 0. The molecule has 0 saturated carbocycles. The van der Waals surface area contributed by atoms with Crippen molar-refractivity contribution >= 4 is 10.8 Å². The van der Waals surface area contributed by atoms with Gasteiger partial charge in [0.2, 0.25) is 0 Å². The van der Waals surface area contributed by atoms with Gasteiger partial charge in [-0.1, -0.05) is 95.2 Å². The Hall–Kier alpha value is -5.22. The van der Waals surface area contributed by atoms with Crippen molar-refractivity contribution in [1.29, 1.82) is 0 Å². The topological polar surface area (TPSA) is 52.1 Å². The maximum Gasteiger partial charge on any atom is 0.141 e.